The van der Waals surface area contributed by atoms with Crippen LogP contribution in [-0.2, 0) is 0 Å². The first-order chi connectivity index (χ1) is 5.04. The number of halogens is 3. The van der Waals surface area contributed by atoms with Crippen molar-refractivity contribution in [2.45, 2.75) is 6.92 Å². The van der Waals surface area contributed by atoms with Crippen molar-refractivity contribution in [3.8, 4) is 5.75 Å². The van der Waals surface area contributed by atoms with Gasteiger partial charge in [0.2, 0.25) is 0 Å². The summed E-state index contributed by atoms with van der Waals surface area (Å²) in [5, 5.41) is 8.79. The van der Waals surface area contributed by atoms with Crippen LogP contribution < -0.4 is 0 Å². The summed E-state index contributed by atoms with van der Waals surface area (Å²) in [6.07, 6.45) is 0. The Morgan fingerprint density at radius 2 is 1.91 bits per heavy atom. The second-order valence-electron chi connectivity index (χ2n) is 2.15. The number of phenols is 1. The molecule has 1 aromatic rings. The van der Waals surface area contributed by atoms with Crippen LogP contribution in [0.25, 0.3) is 0 Å². The molecule has 0 aliphatic carbocycles. The van der Waals surface area contributed by atoms with Crippen molar-refractivity contribution in [3.05, 3.63) is 27.7 Å². The maximum Gasteiger partial charge on any atom is 0.189 e. The SMILES string of the molecule is Cc1cc(Br)c(F)c(O)c1F. The molecule has 0 heterocycles. The monoisotopic (exact) mass is 222 g/mol. The molecule has 4 heteroatoms. The lowest BCUT2D eigenvalue weighted by Gasteiger charge is -2.01. The fourth-order valence-electron chi connectivity index (χ4n) is 0.713. The highest BCUT2D eigenvalue weighted by Crippen LogP contribution is 2.29. The van der Waals surface area contributed by atoms with E-state index >= 15 is 0 Å². The number of aryl methyl sites for hydroxylation is 1. The molecular weight excluding hydrogens is 218 g/mol. The Kier molecular flexibility index (Phi) is 2.13. The van der Waals surface area contributed by atoms with Gasteiger partial charge in [0.15, 0.2) is 17.4 Å². The largest absolute Gasteiger partial charge is 0.503 e. The maximum absolute atomic E-state index is 12.7. The Morgan fingerprint density at radius 3 is 2.45 bits per heavy atom. The average Bonchev–Trinajstić information content (AvgIpc) is 1.97. The fraction of sp³-hybridized carbons (Fsp3) is 0.143. The van der Waals surface area contributed by atoms with Crippen LogP contribution in [0.15, 0.2) is 10.5 Å². The van der Waals surface area contributed by atoms with Crippen LogP contribution in [0.5, 0.6) is 5.75 Å². The number of hydrogen-bond donors (Lipinski definition) is 1. The predicted octanol–water partition coefficient (Wildman–Crippen LogP) is 2.74. The predicted molar refractivity (Wildman–Crippen MR) is 40.5 cm³/mol. The third-order valence-electron chi connectivity index (χ3n) is 1.31. The van der Waals surface area contributed by atoms with E-state index in [1.165, 1.54) is 13.0 Å². The molecule has 0 fully saturated rings. The van der Waals surface area contributed by atoms with E-state index in [2.05, 4.69) is 15.9 Å². The molecule has 0 saturated heterocycles. The van der Waals surface area contributed by atoms with Gasteiger partial charge in [-0.1, -0.05) is 0 Å². The van der Waals surface area contributed by atoms with Crippen molar-refractivity contribution in [1.82, 2.24) is 0 Å². The summed E-state index contributed by atoms with van der Waals surface area (Å²) >= 11 is 2.83. The van der Waals surface area contributed by atoms with Gasteiger partial charge in [0, 0.05) is 0 Å². The first-order valence-corrected chi connectivity index (χ1v) is 3.66. The molecular formula is C7H5BrF2O. The van der Waals surface area contributed by atoms with Crippen LogP contribution in [0, 0.1) is 18.6 Å². The number of aromatic hydroxyl groups is 1. The molecule has 0 aromatic heterocycles. The Bertz CT molecular complexity index is 273. The molecule has 0 saturated carbocycles. The Balaban J connectivity index is 3.46. The smallest absolute Gasteiger partial charge is 0.189 e. The van der Waals surface area contributed by atoms with Gasteiger partial charge in [0.1, 0.15) is 0 Å². The van der Waals surface area contributed by atoms with Gasteiger partial charge in [-0.3, -0.25) is 0 Å². The summed E-state index contributed by atoms with van der Waals surface area (Å²) in [6.45, 7) is 1.44. The first-order valence-electron chi connectivity index (χ1n) is 2.87. The molecule has 0 unspecified atom stereocenters. The van der Waals surface area contributed by atoms with E-state index in [1.54, 1.807) is 0 Å². The molecule has 0 radical (unpaired) electrons. The summed E-state index contributed by atoms with van der Waals surface area (Å²) in [4.78, 5) is 0. The lowest BCUT2D eigenvalue weighted by Crippen LogP contribution is -1.88. The molecule has 1 aromatic carbocycles. The molecule has 0 aliphatic heterocycles. The molecule has 60 valence electrons. The molecule has 0 aliphatic rings. The van der Waals surface area contributed by atoms with Crippen LogP contribution in [0.4, 0.5) is 8.78 Å². The summed E-state index contributed by atoms with van der Waals surface area (Å²) < 4.78 is 25.4. The van der Waals surface area contributed by atoms with E-state index in [0.717, 1.165) is 0 Å². The fourth-order valence-corrected chi connectivity index (χ4v) is 1.24. The van der Waals surface area contributed by atoms with Gasteiger partial charge < -0.3 is 5.11 Å². The second-order valence-corrected chi connectivity index (χ2v) is 3.01. The van der Waals surface area contributed by atoms with Crippen LogP contribution in [0.1, 0.15) is 5.56 Å². The number of phenolic OH excluding ortho intramolecular Hbond substituents is 1. The van der Waals surface area contributed by atoms with Crippen molar-refractivity contribution in [2.24, 2.45) is 0 Å². The van der Waals surface area contributed by atoms with E-state index in [9.17, 15) is 8.78 Å². The average molecular weight is 223 g/mol. The van der Waals surface area contributed by atoms with Crippen LogP contribution >= 0.6 is 15.9 Å². The normalized spacial score (nSPS) is 10.2. The molecule has 11 heavy (non-hydrogen) atoms. The highest BCUT2D eigenvalue weighted by Gasteiger charge is 2.13. The van der Waals surface area contributed by atoms with Crippen molar-refractivity contribution in [2.75, 3.05) is 0 Å². The number of rotatable bonds is 0. The van der Waals surface area contributed by atoms with Crippen molar-refractivity contribution < 1.29 is 13.9 Å². The van der Waals surface area contributed by atoms with Crippen molar-refractivity contribution in [3.63, 3.8) is 0 Å². The zero-order chi connectivity index (χ0) is 8.59. The van der Waals surface area contributed by atoms with Gasteiger partial charge in [-0.15, -0.1) is 0 Å². The third kappa shape index (κ3) is 1.35. The van der Waals surface area contributed by atoms with E-state index in [0.29, 0.717) is 0 Å². The minimum absolute atomic E-state index is 0.0638. The lowest BCUT2D eigenvalue weighted by molar-refractivity contribution is 0.392. The highest BCUT2D eigenvalue weighted by molar-refractivity contribution is 9.10. The molecule has 1 nitrogen and oxygen atoms in total. The molecule has 0 spiro atoms. The Morgan fingerprint density at radius 1 is 1.36 bits per heavy atom. The minimum Gasteiger partial charge on any atom is -0.503 e. The Hall–Kier alpha value is -0.640. The van der Waals surface area contributed by atoms with Crippen LogP contribution in [0.3, 0.4) is 0 Å². The second kappa shape index (κ2) is 2.77. The zero-order valence-electron chi connectivity index (χ0n) is 5.66. The van der Waals surface area contributed by atoms with Gasteiger partial charge in [-0.25, -0.2) is 8.78 Å². The standard InChI is InChI=1S/C7H5BrF2O/c1-3-2-4(8)6(10)7(11)5(3)9/h2,11H,1H3. The topological polar surface area (TPSA) is 20.2 Å². The quantitative estimate of drug-likeness (QED) is 0.670. The molecule has 0 bridgehead atoms. The van der Waals surface area contributed by atoms with Crippen LogP contribution in [-0.4, -0.2) is 5.11 Å². The van der Waals surface area contributed by atoms with Gasteiger partial charge in [-0.05, 0) is 34.5 Å². The van der Waals surface area contributed by atoms with Gasteiger partial charge in [0.25, 0.3) is 0 Å². The molecule has 0 atom stereocenters. The van der Waals surface area contributed by atoms with Gasteiger partial charge in [-0.2, -0.15) is 0 Å². The molecule has 1 N–H and O–H groups in total. The van der Waals surface area contributed by atoms with E-state index in [4.69, 9.17) is 5.11 Å². The van der Waals surface area contributed by atoms with E-state index in [1.807, 2.05) is 0 Å². The summed E-state index contributed by atoms with van der Waals surface area (Å²) in [6, 6.07) is 1.27. The summed E-state index contributed by atoms with van der Waals surface area (Å²) in [7, 11) is 0. The van der Waals surface area contributed by atoms with Crippen molar-refractivity contribution in [1.29, 1.82) is 0 Å². The van der Waals surface area contributed by atoms with Crippen molar-refractivity contribution >= 4 is 15.9 Å². The van der Waals surface area contributed by atoms with E-state index < -0.39 is 17.4 Å². The Labute approximate surface area is 70.8 Å². The number of benzene rings is 1. The van der Waals surface area contributed by atoms with Gasteiger partial charge in [0.05, 0.1) is 4.47 Å². The first kappa shape index (κ1) is 8.46. The summed E-state index contributed by atoms with van der Waals surface area (Å²) in [5.74, 6) is -2.81. The van der Waals surface area contributed by atoms with Gasteiger partial charge >= 0.3 is 0 Å². The zero-order valence-corrected chi connectivity index (χ0v) is 7.24. The number of hydrogen-bond acceptors (Lipinski definition) is 1. The summed E-state index contributed by atoms with van der Waals surface area (Å²) in [5.41, 5.74) is 0.204. The maximum atomic E-state index is 12.7. The minimum atomic E-state index is -0.965. The van der Waals surface area contributed by atoms with E-state index in [-0.39, 0.29) is 10.0 Å². The molecule has 0 amide bonds. The highest BCUT2D eigenvalue weighted by atomic mass is 79.9. The molecule has 1 rings (SSSR count). The van der Waals surface area contributed by atoms with Crippen LogP contribution in [0.2, 0.25) is 0 Å². The lowest BCUT2D eigenvalue weighted by atomic mass is 10.2. The third-order valence-corrected chi connectivity index (χ3v) is 1.89.